The Kier molecular flexibility index (Phi) is 0.762. The maximum atomic E-state index is 5.34. The van der Waals surface area contributed by atoms with E-state index < -0.39 is 0 Å². The molecule has 0 saturated carbocycles. The van der Waals surface area contributed by atoms with E-state index in [2.05, 4.69) is 19.9 Å². The number of nitrogens with two attached hydrogens (primary N) is 1. The van der Waals surface area contributed by atoms with Gasteiger partial charge >= 0.3 is 0 Å². The van der Waals surface area contributed by atoms with Gasteiger partial charge in [0.1, 0.15) is 0 Å². The number of hydrogen-bond donors (Lipinski definition) is 1. The summed E-state index contributed by atoms with van der Waals surface area (Å²) in [5.74, 6) is 0. The van der Waals surface area contributed by atoms with E-state index in [-0.39, 0.29) is 0 Å². The van der Waals surface area contributed by atoms with Crippen LogP contribution < -0.4 is 5.73 Å². The minimum Gasteiger partial charge on any atom is -0.327 e. The van der Waals surface area contributed by atoms with E-state index in [4.69, 9.17) is 5.73 Å². The molecule has 0 heterocycles. The van der Waals surface area contributed by atoms with E-state index in [1.807, 2.05) is 0 Å². The Morgan fingerprint density at radius 2 is 2.14 bits per heavy atom. The van der Waals surface area contributed by atoms with Gasteiger partial charge in [0.05, 0.1) is 0 Å². The van der Waals surface area contributed by atoms with Crippen molar-refractivity contribution in [1.29, 1.82) is 0 Å². The molecule has 0 bridgehead atoms. The highest BCUT2D eigenvalue weighted by molar-refractivity contribution is 5.36. The largest absolute Gasteiger partial charge is 0.327 e. The van der Waals surface area contributed by atoms with Crippen LogP contribution in [0.25, 0.3) is 0 Å². The Labute approximate surface area is 44.2 Å². The monoisotopic (exact) mass is 97.1 g/mol. The second-order valence-electron chi connectivity index (χ2n) is 2.60. The van der Waals surface area contributed by atoms with Gasteiger partial charge in [0.2, 0.25) is 0 Å². The molecule has 0 aromatic rings. The van der Waals surface area contributed by atoms with Crippen LogP contribution >= 0.6 is 0 Å². The summed E-state index contributed by atoms with van der Waals surface area (Å²) < 4.78 is 0. The lowest BCUT2D eigenvalue weighted by atomic mass is 10.1. The van der Waals surface area contributed by atoms with Crippen molar-refractivity contribution in [2.75, 3.05) is 6.54 Å². The van der Waals surface area contributed by atoms with E-state index in [1.54, 1.807) is 0 Å². The molecular weight excluding hydrogens is 86.1 g/mol. The summed E-state index contributed by atoms with van der Waals surface area (Å²) in [6.45, 7) is 5.09. The van der Waals surface area contributed by atoms with Crippen LogP contribution in [0.15, 0.2) is 11.6 Å². The van der Waals surface area contributed by atoms with Gasteiger partial charge in [-0.1, -0.05) is 25.5 Å². The smallest absolute Gasteiger partial charge is 0.0145 e. The van der Waals surface area contributed by atoms with Gasteiger partial charge < -0.3 is 5.73 Å². The van der Waals surface area contributed by atoms with Gasteiger partial charge in [0.25, 0.3) is 0 Å². The molecule has 1 aliphatic carbocycles. The minimum atomic E-state index is 0.384. The van der Waals surface area contributed by atoms with Crippen LogP contribution in [0.4, 0.5) is 0 Å². The fourth-order valence-corrected chi connectivity index (χ4v) is 0.721. The maximum Gasteiger partial charge on any atom is 0.0145 e. The zero-order chi connectivity index (χ0) is 5.49. The van der Waals surface area contributed by atoms with Crippen LogP contribution in [0.1, 0.15) is 13.8 Å². The average Bonchev–Trinajstić information content (AvgIpc) is 2.13. The molecule has 0 radical (unpaired) electrons. The third-order valence-electron chi connectivity index (χ3n) is 1.50. The number of hydrogen-bond acceptors (Lipinski definition) is 1. The van der Waals surface area contributed by atoms with Gasteiger partial charge in [-0.15, -0.1) is 0 Å². The minimum absolute atomic E-state index is 0.384. The normalized spacial score (nSPS) is 24.1. The highest BCUT2D eigenvalue weighted by Crippen LogP contribution is 2.41. The molecule has 1 nitrogen and oxygen atoms in total. The molecule has 1 rings (SSSR count). The fraction of sp³-hybridized carbons (Fsp3) is 0.667. The topological polar surface area (TPSA) is 26.0 Å². The van der Waals surface area contributed by atoms with Gasteiger partial charge in [-0.2, -0.15) is 0 Å². The lowest BCUT2D eigenvalue weighted by Gasteiger charge is -1.98. The molecule has 0 spiro atoms. The molecule has 0 unspecified atom stereocenters. The molecule has 1 aliphatic rings. The van der Waals surface area contributed by atoms with Gasteiger partial charge in [-0.25, -0.2) is 0 Å². The van der Waals surface area contributed by atoms with Crippen LogP contribution in [0.5, 0.6) is 0 Å². The third kappa shape index (κ3) is 0.682. The Balaban J connectivity index is 2.40. The molecule has 0 aromatic heterocycles. The van der Waals surface area contributed by atoms with Crippen molar-refractivity contribution in [3.8, 4) is 0 Å². The summed E-state index contributed by atoms with van der Waals surface area (Å²) in [5.41, 5.74) is 7.12. The quantitative estimate of drug-likeness (QED) is 0.483. The zero-order valence-electron chi connectivity index (χ0n) is 4.86. The van der Waals surface area contributed by atoms with Gasteiger partial charge in [0.15, 0.2) is 0 Å². The second kappa shape index (κ2) is 1.10. The molecule has 0 fully saturated rings. The number of allylic oxidation sites excluding steroid dienone is 1. The molecule has 0 saturated heterocycles. The first-order valence-electron chi connectivity index (χ1n) is 2.59. The van der Waals surface area contributed by atoms with Gasteiger partial charge in [-0.05, 0) is 0 Å². The van der Waals surface area contributed by atoms with Crippen LogP contribution in [0.3, 0.4) is 0 Å². The number of rotatable bonds is 1. The second-order valence-corrected chi connectivity index (χ2v) is 2.60. The van der Waals surface area contributed by atoms with E-state index in [9.17, 15) is 0 Å². The first-order chi connectivity index (χ1) is 3.17. The molecule has 0 atom stereocenters. The first kappa shape index (κ1) is 4.85. The first-order valence-corrected chi connectivity index (χ1v) is 2.59. The van der Waals surface area contributed by atoms with Crippen molar-refractivity contribution in [3.05, 3.63) is 11.6 Å². The summed E-state index contributed by atoms with van der Waals surface area (Å²) >= 11 is 0. The molecule has 40 valence electrons. The third-order valence-corrected chi connectivity index (χ3v) is 1.50. The Hall–Kier alpha value is -0.300. The maximum absolute atomic E-state index is 5.34. The van der Waals surface area contributed by atoms with Crippen molar-refractivity contribution >= 4 is 0 Å². The zero-order valence-corrected chi connectivity index (χ0v) is 4.86. The molecule has 0 aliphatic heterocycles. The van der Waals surface area contributed by atoms with E-state index in [0.29, 0.717) is 5.41 Å². The Morgan fingerprint density at radius 1 is 1.71 bits per heavy atom. The van der Waals surface area contributed by atoms with E-state index in [1.165, 1.54) is 5.57 Å². The molecule has 1 heteroatoms. The average molecular weight is 97.2 g/mol. The molecular formula is C6H11N. The van der Waals surface area contributed by atoms with Crippen LogP contribution in [-0.2, 0) is 0 Å². The van der Waals surface area contributed by atoms with Crippen LogP contribution in [-0.4, -0.2) is 6.54 Å². The van der Waals surface area contributed by atoms with Crippen LogP contribution in [0.2, 0.25) is 0 Å². The molecule has 7 heavy (non-hydrogen) atoms. The van der Waals surface area contributed by atoms with Gasteiger partial charge in [0, 0.05) is 12.0 Å². The predicted molar refractivity (Wildman–Crippen MR) is 30.9 cm³/mol. The Bertz CT molecular complexity index is 111. The highest BCUT2D eigenvalue weighted by Gasteiger charge is 2.31. The summed E-state index contributed by atoms with van der Waals surface area (Å²) in [4.78, 5) is 0. The summed E-state index contributed by atoms with van der Waals surface area (Å²) in [6, 6.07) is 0. The van der Waals surface area contributed by atoms with E-state index in [0.717, 1.165) is 6.54 Å². The Morgan fingerprint density at radius 3 is 2.14 bits per heavy atom. The predicted octanol–water partition coefficient (Wildman–Crippen LogP) is 0.911. The summed E-state index contributed by atoms with van der Waals surface area (Å²) in [5, 5.41) is 0. The van der Waals surface area contributed by atoms with Crippen molar-refractivity contribution in [1.82, 2.24) is 0 Å². The molecule has 0 aromatic carbocycles. The van der Waals surface area contributed by atoms with E-state index >= 15 is 0 Å². The highest BCUT2D eigenvalue weighted by atomic mass is 14.6. The summed E-state index contributed by atoms with van der Waals surface area (Å²) in [7, 11) is 0. The SMILES string of the molecule is CC1(C)C=C1CN. The fourth-order valence-electron chi connectivity index (χ4n) is 0.721. The molecule has 0 amide bonds. The van der Waals surface area contributed by atoms with Crippen molar-refractivity contribution < 1.29 is 0 Å². The van der Waals surface area contributed by atoms with Gasteiger partial charge in [-0.3, -0.25) is 0 Å². The van der Waals surface area contributed by atoms with Crippen molar-refractivity contribution in [3.63, 3.8) is 0 Å². The summed E-state index contributed by atoms with van der Waals surface area (Å²) in [6.07, 6.45) is 2.20. The lowest BCUT2D eigenvalue weighted by molar-refractivity contribution is 0.689. The lowest BCUT2D eigenvalue weighted by Crippen LogP contribution is -2.02. The van der Waals surface area contributed by atoms with Crippen molar-refractivity contribution in [2.45, 2.75) is 13.8 Å². The van der Waals surface area contributed by atoms with Crippen LogP contribution in [0, 0.1) is 5.41 Å². The van der Waals surface area contributed by atoms with Crippen molar-refractivity contribution in [2.24, 2.45) is 11.1 Å². The standard InChI is InChI=1S/C6H11N/c1-6(2)3-5(6)4-7/h3H,4,7H2,1-2H3. The molecule has 2 N–H and O–H groups in total.